The Hall–Kier alpha value is -1.39. The van der Waals surface area contributed by atoms with Gasteiger partial charge in [0.05, 0.1) is 16.5 Å². The molecule has 1 unspecified atom stereocenters. The molecule has 1 heterocycles. The largest absolute Gasteiger partial charge is 0.494 e. The molecular weight excluding hydrogens is 246 g/mol. The zero-order valence-electron chi connectivity index (χ0n) is 10.6. The fourth-order valence-corrected chi connectivity index (χ4v) is 2.43. The van der Waals surface area contributed by atoms with Crippen LogP contribution in [0.3, 0.4) is 0 Å². The summed E-state index contributed by atoms with van der Waals surface area (Å²) in [7, 11) is 0. The normalized spacial score (nSPS) is 12.4. The van der Waals surface area contributed by atoms with Gasteiger partial charge in [-0.3, -0.25) is 0 Å². The first kappa shape index (κ1) is 13.1. The Balaban J connectivity index is 2.09. The van der Waals surface area contributed by atoms with Gasteiger partial charge in [-0.25, -0.2) is 4.98 Å². The molecular formula is C14H17NO2S. The molecule has 2 aromatic rings. The van der Waals surface area contributed by atoms with Crippen LogP contribution in [0.4, 0.5) is 0 Å². The molecule has 0 radical (unpaired) electrons. The van der Waals surface area contributed by atoms with Gasteiger partial charge < -0.3 is 9.84 Å². The van der Waals surface area contributed by atoms with Crippen LogP contribution in [0.1, 0.15) is 34.9 Å². The van der Waals surface area contributed by atoms with E-state index >= 15 is 0 Å². The third-order valence-electron chi connectivity index (χ3n) is 2.58. The predicted molar refractivity (Wildman–Crippen MR) is 73.1 cm³/mol. The van der Waals surface area contributed by atoms with E-state index in [1.54, 1.807) is 6.20 Å². The van der Waals surface area contributed by atoms with Crippen molar-refractivity contribution in [2.24, 2.45) is 0 Å². The minimum absolute atomic E-state index is 0.601. The maximum atomic E-state index is 10.2. The van der Waals surface area contributed by atoms with Crippen LogP contribution >= 0.6 is 11.3 Å². The van der Waals surface area contributed by atoms with E-state index in [1.165, 1.54) is 11.3 Å². The Morgan fingerprint density at radius 1 is 1.33 bits per heavy atom. The first-order chi connectivity index (χ1) is 8.70. The van der Waals surface area contributed by atoms with Crippen molar-refractivity contribution in [2.75, 3.05) is 6.61 Å². The molecule has 1 aromatic carbocycles. The number of benzene rings is 1. The fourth-order valence-electron chi connectivity index (χ4n) is 1.63. The number of hydrogen-bond donors (Lipinski definition) is 1. The molecule has 2 rings (SSSR count). The van der Waals surface area contributed by atoms with Gasteiger partial charge in [-0.2, -0.15) is 0 Å². The van der Waals surface area contributed by atoms with Gasteiger partial charge in [-0.05, 0) is 31.0 Å². The van der Waals surface area contributed by atoms with Gasteiger partial charge >= 0.3 is 0 Å². The van der Waals surface area contributed by atoms with Gasteiger partial charge in [-0.15, -0.1) is 11.3 Å². The van der Waals surface area contributed by atoms with Gasteiger partial charge in [0.1, 0.15) is 11.9 Å². The third kappa shape index (κ3) is 3.09. The van der Waals surface area contributed by atoms with E-state index in [0.29, 0.717) is 0 Å². The van der Waals surface area contributed by atoms with Crippen molar-refractivity contribution >= 4 is 11.3 Å². The molecule has 4 heteroatoms. The predicted octanol–water partition coefficient (Wildman–Crippen LogP) is 3.32. The van der Waals surface area contributed by atoms with Crippen molar-refractivity contribution in [2.45, 2.75) is 26.4 Å². The molecule has 0 aliphatic rings. The van der Waals surface area contributed by atoms with Crippen LogP contribution in [0.5, 0.6) is 5.75 Å². The van der Waals surface area contributed by atoms with Crippen molar-refractivity contribution < 1.29 is 9.84 Å². The Morgan fingerprint density at radius 2 is 2.06 bits per heavy atom. The maximum absolute atomic E-state index is 10.2. The van der Waals surface area contributed by atoms with E-state index in [4.69, 9.17) is 4.74 Å². The summed E-state index contributed by atoms with van der Waals surface area (Å²) in [5.41, 5.74) is 0.863. The van der Waals surface area contributed by atoms with Crippen LogP contribution in [0.25, 0.3) is 0 Å². The minimum Gasteiger partial charge on any atom is -0.494 e. The summed E-state index contributed by atoms with van der Waals surface area (Å²) in [5, 5.41) is 11.2. The fraction of sp³-hybridized carbons (Fsp3) is 0.357. The molecule has 0 spiro atoms. The van der Waals surface area contributed by atoms with Crippen LogP contribution in [0.15, 0.2) is 30.5 Å². The first-order valence-corrected chi connectivity index (χ1v) is 6.85. The minimum atomic E-state index is -0.601. The summed E-state index contributed by atoms with van der Waals surface area (Å²) in [4.78, 5) is 5.03. The molecule has 1 N–H and O–H groups in total. The zero-order valence-corrected chi connectivity index (χ0v) is 11.4. The van der Waals surface area contributed by atoms with Crippen LogP contribution in [0, 0.1) is 6.92 Å². The molecule has 18 heavy (non-hydrogen) atoms. The van der Waals surface area contributed by atoms with Crippen molar-refractivity contribution in [1.29, 1.82) is 0 Å². The van der Waals surface area contributed by atoms with Crippen LogP contribution < -0.4 is 4.74 Å². The van der Waals surface area contributed by atoms with Gasteiger partial charge in [0.25, 0.3) is 0 Å². The topological polar surface area (TPSA) is 42.4 Å². The number of aliphatic hydroxyl groups excluding tert-OH is 1. The molecule has 0 fully saturated rings. The van der Waals surface area contributed by atoms with Gasteiger partial charge in [-0.1, -0.05) is 19.1 Å². The number of hydrogen-bond acceptors (Lipinski definition) is 4. The van der Waals surface area contributed by atoms with Gasteiger partial charge in [0, 0.05) is 6.20 Å². The lowest BCUT2D eigenvalue weighted by atomic mass is 10.1. The Kier molecular flexibility index (Phi) is 4.33. The second-order valence-corrected chi connectivity index (χ2v) is 5.37. The summed E-state index contributed by atoms with van der Waals surface area (Å²) < 4.78 is 5.51. The highest BCUT2D eigenvalue weighted by atomic mass is 32.1. The quantitative estimate of drug-likeness (QED) is 0.899. The Bertz CT molecular complexity index is 493. The summed E-state index contributed by atoms with van der Waals surface area (Å²) in [6, 6.07) is 7.57. The van der Waals surface area contributed by atoms with E-state index in [2.05, 4.69) is 11.9 Å². The maximum Gasteiger partial charge on any atom is 0.119 e. The second kappa shape index (κ2) is 5.98. The molecule has 0 aliphatic heterocycles. The van der Waals surface area contributed by atoms with E-state index in [-0.39, 0.29) is 0 Å². The molecule has 3 nitrogen and oxygen atoms in total. The average molecular weight is 263 g/mol. The lowest BCUT2D eigenvalue weighted by Gasteiger charge is -2.10. The first-order valence-electron chi connectivity index (χ1n) is 6.04. The highest BCUT2D eigenvalue weighted by molar-refractivity contribution is 7.11. The SMILES string of the molecule is CCCOc1ccc(C(O)c2cnc(C)s2)cc1. The number of aliphatic hydroxyl groups is 1. The molecule has 1 aromatic heterocycles. The highest BCUT2D eigenvalue weighted by Gasteiger charge is 2.13. The standard InChI is InChI=1S/C14H17NO2S/c1-3-8-17-12-6-4-11(5-7-12)14(16)13-9-15-10(2)18-13/h4-7,9,14,16H,3,8H2,1-2H3. The number of aromatic nitrogens is 1. The third-order valence-corrected chi connectivity index (χ3v) is 3.54. The van der Waals surface area contributed by atoms with Gasteiger partial charge in [0.15, 0.2) is 0 Å². The lowest BCUT2D eigenvalue weighted by Crippen LogP contribution is -1.98. The number of rotatable bonds is 5. The summed E-state index contributed by atoms with van der Waals surface area (Å²) in [5.74, 6) is 0.841. The van der Waals surface area contributed by atoms with Crippen molar-refractivity contribution in [3.63, 3.8) is 0 Å². The average Bonchev–Trinajstić information content (AvgIpc) is 2.83. The second-order valence-electron chi connectivity index (χ2n) is 4.10. The van der Waals surface area contributed by atoms with Crippen molar-refractivity contribution in [1.82, 2.24) is 4.98 Å². The number of ether oxygens (including phenoxy) is 1. The van der Waals surface area contributed by atoms with Crippen molar-refractivity contribution in [3.05, 3.63) is 45.9 Å². The van der Waals surface area contributed by atoms with Crippen LogP contribution in [0.2, 0.25) is 0 Å². The molecule has 1 atom stereocenters. The molecule has 0 bridgehead atoms. The van der Waals surface area contributed by atoms with Crippen LogP contribution in [-0.4, -0.2) is 16.7 Å². The molecule has 0 amide bonds. The molecule has 0 saturated heterocycles. The van der Waals surface area contributed by atoms with E-state index in [1.807, 2.05) is 31.2 Å². The van der Waals surface area contributed by atoms with E-state index < -0.39 is 6.10 Å². The number of aryl methyl sites for hydroxylation is 1. The van der Waals surface area contributed by atoms with Gasteiger partial charge in [0.2, 0.25) is 0 Å². The number of thiazole rings is 1. The van der Waals surface area contributed by atoms with E-state index in [9.17, 15) is 5.11 Å². The zero-order chi connectivity index (χ0) is 13.0. The van der Waals surface area contributed by atoms with E-state index in [0.717, 1.165) is 34.2 Å². The van der Waals surface area contributed by atoms with Crippen LogP contribution in [-0.2, 0) is 0 Å². The molecule has 96 valence electrons. The molecule has 0 aliphatic carbocycles. The summed E-state index contributed by atoms with van der Waals surface area (Å²) in [6.45, 7) is 4.72. The lowest BCUT2D eigenvalue weighted by molar-refractivity contribution is 0.223. The summed E-state index contributed by atoms with van der Waals surface area (Å²) >= 11 is 1.52. The monoisotopic (exact) mass is 263 g/mol. The van der Waals surface area contributed by atoms with Crippen molar-refractivity contribution in [3.8, 4) is 5.75 Å². The Labute approximate surface area is 111 Å². The number of nitrogens with zero attached hydrogens (tertiary/aromatic N) is 1. The Morgan fingerprint density at radius 3 is 2.61 bits per heavy atom. The summed E-state index contributed by atoms with van der Waals surface area (Å²) in [6.07, 6.45) is 2.12. The smallest absolute Gasteiger partial charge is 0.119 e. The highest BCUT2D eigenvalue weighted by Crippen LogP contribution is 2.27. The molecule has 0 saturated carbocycles.